The van der Waals surface area contributed by atoms with Gasteiger partial charge in [-0.3, -0.25) is 0 Å². The molecule has 1 unspecified atom stereocenters. The Morgan fingerprint density at radius 1 is 0.808 bits per heavy atom. The van der Waals surface area contributed by atoms with Crippen molar-refractivity contribution in [3.63, 3.8) is 0 Å². The van der Waals surface area contributed by atoms with E-state index >= 15 is 0 Å². The normalized spacial score (nSPS) is 14.3. The van der Waals surface area contributed by atoms with Crippen molar-refractivity contribution >= 4 is 8.80 Å². The maximum absolute atomic E-state index is 6.27. The summed E-state index contributed by atoms with van der Waals surface area (Å²) in [5, 5.41) is 0. The van der Waals surface area contributed by atoms with Gasteiger partial charge in [0, 0.05) is 13.2 Å². The van der Waals surface area contributed by atoms with Gasteiger partial charge in [-0.05, 0) is 61.1 Å². The van der Waals surface area contributed by atoms with Gasteiger partial charge in [0.2, 0.25) is 0 Å². The molecule has 7 heteroatoms. The first kappa shape index (κ1) is 25.5. The van der Waals surface area contributed by atoms with Crippen molar-refractivity contribution in [1.82, 2.24) is 0 Å². The summed E-state index contributed by atoms with van der Waals surface area (Å²) >= 11 is 0. The summed E-state index contributed by atoms with van der Waals surface area (Å²) in [6.07, 6.45) is 0.307. The molecule has 0 aromatic heterocycles. The topological polar surface area (TPSA) is 55.4 Å². The van der Waals surface area contributed by atoms with Crippen LogP contribution in [0.3, 0.4) is 0 Å². The van der Waals surface area contributed by atoms with E-state index in [4.69, 9.17) is 27.5 Å². The first-order valence-corrected chi connectivity index (χ1v) is 11.2. The summed E-state index contributed by atoms with van der Waals surface area (Å²) < 4.78 is 36.2. The molecule has 6 nitrogen and oxygen atoms in total. The molecule has 0 aromatic rings. The minimum Gasteiger partial charge on any atom is -0.371 e. The van der Waals surface area contributed by atoms with Crippen molar-refractivity contribution in [2.75, 3.05) is 13.2 Å². The molecule has 0 aliphatic carbocycles. The van der Waals surface area contributed by atoms with E-state index in [2.05, 4.69) is 13.2 Å². The highest BCUT2D eigenvalue weighted by molar-refractivity contribution is 6.66. The van der Waals surface area contributed by atoms with Gasteiger partial charge >= 0.3 is 14.8 Å². The monoisotopic (exact) mass is 390 g/mol. The zero-order chi connectivity index (χ0) is 20.4. The lowest BCUT2D eigenvalue weighted by Crippen LogP contribution is -2.59. The van der Waals surface area contributed by atoms with Gasteiger partial charge < -0.3 is 27.5 Å². The molecule has 0 amide bonds. The van der Waals surface area contributed by atoms with Gasteiger partial charge in [0.15, 0.2) is 0 Å². The standard InChI is InChI=1S/C19H38O6Si/c1-11-18(25-26(14-4,20-12-2)21-13-3)19(22-15(5)6,23-16(7)8)24-17(9)10/h11,14-18H,1,4,12-13H2,2-3,5-10H3. The average Bonchev–Trinajstić information content (AvgIpc) is 2.50. The van der Waals surface area contributed by atoms with Crippen LogP contribution in [0.15, 0.2) is 24.9 Å². The van der Waals surface area contributed by atoms with E-state index in [1.54, 1.807) is 11.8 Å². The molecule has 154 valence electrons. The van der Waals surface area contributed by atoms with Crippen molar-refractivity contribution < 1.29 is 27.5 Å². The first-order chi connectivity index (χ1) is 12.1. The molecule has 0 saturated carbocycles. The van der Waals surface area contributed by atoms with Gasteiger partial charge in [0.25, 0.3) is 0 Å². The zero-order valence-corrected chi connectivity index (χ0v) is 18.7. The van der Waals surface area contributed by atoms with Crippen LogP contribution in [0.5, 0.6) is 0 Å². The molecule has 1 atom stereocenters. The van der Waals surface area contributed by atoms with Crippen LogP contribution in [0, 0.1) is 0 Å². The van der Waals surface area contributed by atoms with Crippen molar-refractivity contribution in [2.45, 2.75) is 85.8 Å². The molecule has 0 spiro atoms. The van der Waals surface area contributed by atoms with E-state index in [1.807, 2.05) is 55.4 Å². The van der Waals surface area contributed by atoms with Crippen LogP contribution < -0.4 is 0 Å². The summed E-state index contributed by atoms with van der Waals surface area (Å²) in [4.78, 5) is 0. The van der Waals surface area contributed by atoms with Crippen LogP contribution in [0.1, 0.15) is 55.4 Å². The van der Waals surface area contributed by atoms with Gasteiger partial charge in [-0.2, -0.15) is 0 Å². The largest absolute Gasteiger partial charge is 0.529 e. The van der Waals surface area contributed by atoms with Crippen LogP contribution in [0.4, 0.5) is 0 Å². The maximum Gasteiger partial charge on any atom is 0.529 e. The van der Waals surface area contributed by atoms with Gasteiger partial charge in [-0.25, -0.2) is 0 Å². The van der Waals surface area contributed by atoms with Gasteiger partial charge in [-0.1, -0.05) is 12.7 Å². The van der Waals surface area contributed by atoms with Crippen molar-refractivity contribution in [2.24, 2.45) is 0 Å². The lowest BCUT2D eigenvalue weighted by atomic mass is 10.2. The van der Waals surface area contributed by atoms with Crippen molar-refractivity contribution in [3.05, 3.63) is 24.9 Å². The number of ether oxygens (including phenoxy) is 3. The molecule has 26 heavy (non-hydrogen) atoms. The minimum atomic E-state index is -3.16. The number of hydrogen-bond acceptors (Lipinski definition) is 6. The van der Waals surface area contributed by atoms with Crippen LogP contribution in [0.2, 0.25) is 0 Å². The molecule has 0 rings (SSSR count). The molecular weight excluding hydrogens is 352 g/mol. The molecule has 0 saturated heterocycles. The third kappa shape index (κ3) is 8.00. The molecular formula is C19H38O6Si. The zero-order valence-electron chi connectivity index (χ0n) is 17.7. The molecule has 0 radical (unpaired) electrons. The van der Waals surface area contributed by atoms with E-state index in [1.165, 1.54) is 0 Å². The van der Waals surface area contributed by atoms with E-state index in [0.29, 0.717) is 13.2 Å². The Bertz CT molecular complexity index is 378. The van der Waals surface area contributed by atoms with E-state index in [-0.39, 0.29) is 18.3 Å². The highest BCUT2D eigenvalue weighted by Crippen LogP contribution is 2.31. The van der Waals surface area contributed by atoms with Crippen LogP contribution in [-0.4, -0.2) is 52.4 Å². The Labute approximate surface area is 160 Å². The predicted molar refractivity (Wildman–Crippen MR) is 106 cm³/mol. The smallest absolute Gasteiger partial charge is 0.371 e. The fourth-order valence-electron chi connectivity index (χ4n) is 2.39. The molecule has 0 aliphatic heterocycles. The van der Waals surface area contributed by atoms with E-state index < -0.39 is 20.9 Å². The predicted octanol–water partition coefficient (Wildman–Crippen LogP) is 4.22. The van der Waals surface area contributed by atoms with Crippen molar-refractivity contribution in [1.29, 1.82) is 0 Å². The Morgan fingerprint density at radius 3 is 1.42 bits per heavy atom. The summed E-state index contributed by atoms with van der Waals surface area (Å²) in [6.45, 7) is 23.8. The highest BCUT2D eigenvalue weighted by atomic mass is 28.4. The van der Waals surface area contributed by atoms with E-state index in [9.17, 15) is 0 Å². The number of hydrogen-bond donors (Lipinski definition) is 0. The second-order valence-corrected chi connectivity index (χ2v) is 8.98. The third-order valence-corrected chi connectivity index (χ3v) is 5.46. The molecule has 0 aromatic carbocycles. The van der Waals surface area contributed by atoms with Gasteiger partial charge in [0.1, 0.15) is 6.10 Å². The van der Waals surface area contributed by atoms with Gasteiger partial charge in [-0.15, -0.1) is 6.58 Å². The highest BCUT2D eigenvalue weighted by Gasteiger charge is 2.51. The van der Waals surface area contributed by atoms with Crippen LogP contribution in [0.25, 0.3) is 0 Å². The van der Waals surface area contributed by atoms with Crippen LogP contribution >= 0.6 is 0 Å². The Balaban J connectivity index is 6.00. The van der Waals surface area contributed by atoms with Gasteiger partial charge in [0.05, 0.1) is 18.3 Å². The second kappa shape index (κ2) is 12.0. The Kier molecular flexibility index (Phi) is 11.8. The Morgan fingerprint density at radius 2 is 1.19 bits per heavy atom. The Hall–Kier alpha value is -0.543. The molecule has 0 bridgehead atoms. The third-order valence-electron chi connectivity index (χ3n) is 2.99. The van der Waals surface area contributed by atoms with E-state index in [0.717, 1.165) is 0 Å². The molecule has 0 fully saturated rings. The fraction of sp³-hybridized carbons (Fsp3) is 0.789. The number of rotatable bonds is 15. The second-order valence-electron chi connectivity index (χ2n) is 6.55. The summed E-state index contributed by atoms with van der Waals surface area (Å²) in [5.41, 5.74) is 1.60. The van der Waals surface area contributed by atoms with Crippen LogP contribution in [-0.2, 0) is 27.5 Å². The lowest BCUT2D eigenvalue weighted by Gasteiger charge is -2.43. The molecule has 0 N–H and O–H groups in total. The average molecular weight is 391 g/mol. The molecule has 0 heterocycles. The maximum atomic E-state index is 6.27. The summed E-state index contributed by atoms with van der Waals surface area (Å²) in [6, 6.07) is 0. The van der Waals surface area contributed by atoms with Crippen molar-refractivity contribution in [3.8, 4) is 0 Å². The molecule has 0 aliphatic rings. The quantitative estimate of drug-likeness (QED) is 0.237. The lowest BCUT2D eigenvalue weighted by molar-refractivity contribution is -0.431. The minimum absolute atomic E-state index is 0.169. The SMILES string of the molecule is C=CC(O[Si](C=C)(OCC)OCC)C(OC(C)C)(OC(C)C)OC(C)C. The summed E-state index contributed by atoms with van der Waals surface area (Å²) in [5.74, 6) is -1.48. The fourth-order valence-corrected chi connectivity index (χ4v) is 4.34. The summed E-state index contributed by atoms with van der Waals surface area (Å²) in [7, 11) is -3.16. The first-order valence-electron chi connectivity index (χ1n) is 9.35.